The monoisotopic (exact) mass is 324 g/mol. The molecule has 2 rings (SSSR count). The molecule has 0 unspecified atom stereocenters. The predicted molar refractivity (Wildman–Crippen MR) is 81.5 cm³/mol. The molecule has 0 aliphatic heterocycles. The Kier molecular flexibility index (Phi) is 4.92. The first-order chi connectivity index (χ1) is 10.3. The van der Waals surface area contributed by atoms with Gasteiger partial charge in [0.15, 0.2) is 5.16 Å². The van der Waals surface area contributed by atoms with E-state index in [-0.39, 0.29) is 5.69 Å². The maximum atomic E-state index is 13.5. The molecule has 5 nitrogen and oxygen atoms in total. The van der Waals surface area contributed by atoms with Crippen LogP contribution in [0.3, 0.4) is 0 Å². The molecule has 0 aliphatic rings. The summed E-state index contributed by atoms with van der Waals surface area (Å²) >= 11 is 1.10. The van der Waals surface area contributed by atoms with Gasteiger partial charge in [0, 0.05) is 17.8 Å². The highest BCUT2D eigenvalue weighted by molar-refractivity contribution is 8.00. The lowest BCUT2D eigenvalue weighted by Crippen LogP contribution is -2.23. The van der Waals surface area contributed by atoms with Crippen LogP contribution in [0.4, 0.5) is 20.3 Å². The molecule has 0 saturated heterocycles. The molecule has 1 aromatic heterocycles. The van der Waals surface area contributed by atoms with E-state index in [2.05, 4.69) is 15.3 Å². The van der Waals surface area contributed by atoms with Gasteiger partial charge in [-0.25, -0.2) is 18.7 Å². The lowest BCUT2D eigenvalue weighted by Gasteiger charge is -2.12. The van der Waals surface area contributed by atoms with Crippen molar-refractivity contribution in [3.8, 4) is 0 Å². The number of amides is 1. The Morgan fingerprint density at radius 1 is 1.32 bits per heavy atom. The van der Waals surface area contributed by atoms with Gasteiger partial charge in [-0.1, -0.05) is 11.8 Å². The first-order valence-electron chi connectivity index (χ1n) is 6.39. The van der Waals surface area contributed by atoms with Crippen LogP contribution in [0.25, 0.3) is 0 Å². The Morgan fingerprint density at radius 2 is 2.05 bits per heavy atom. The molecule has 3 N–H and O–H groups in total. The maximum absolute atomic E-state index is 13.5. The number of hydrogen-bond acceptors (Lipinski definition) is 5. The molecular weight excluding hydrogens is 310 g/mol. The summed E-state index contributed by atoms with van der Waals surface area (Å²) in [5, 5.41) is 2.18. The topological polar surface area (TPSA) is 80.9 Å². The molecule has 1 aromatic carbocycles. The van der Waals surface area contributed by atoms with Crippen LogP contribution in [-0.2, 0) is 4.79 Å². The van der Waals surface area contributed by atoms with Crippen LogP contribution in [0.2, 0.25) is 0 Å². The number of benzene rings is 1. The van der Waals surface area contributed by atoms with Crippen LogP contribution in [0, 0.1) is 18.6 Å². The van der Waals surface area contributed by atoms with Crippen LogP contribution in [0.15, 0.2) is 29.4 Å². The number of hydrogen-bond donors (Lipinski definition) is 2. The van der Waals surface area contributed by atoms with E-state index in [1.54, 1.807) is 19.9 Å². The number of carbonyl (C=O) groups excluding carboxylic acids is 1. The fraction of sp³-hybridized carbons (Fsp3) is 0.214. The second kappa shape index (κ2) is 6.69. The highest BCUT2D eigenvalue weighted by Crippen LogP contribution is 2.23. The summed E-state index contributed by atoms with van der Waals surface area (Å²) in [6, 6.07) is 4.56. The van der Waals surface area contributed by atoms with Crippen LogP contribution in [0.1, 0.15) is 12.6 Å². The van der Waals surface area contributed by atoms with Gasteiger partial charge in [-0.15, -0.1) is 0 Å². The SMILES string of the molecule is Cc1cc(N)nc(S[C@H](C)C(=O)Nc2ccc(F)cc2F)n1. The van der Waals surface area contributed by atoms with E-state index in [0.29, 0.717) is 22.7 Å². The van der Waals surface area contributed by atoms with Gasteiger partial charge in [0.25, 0.3) is 0 Å². The molecule has 116 valence electrons. The summed E-state index contributed by atoms with van der Waals surface area (Å²) in [5.74, 6) is -1.67. The summed E-state index contributed by atoms with van der Waals surface area (Å²) < 4.78 is 26.3. The van der Waals surface area contributed by atoms with E-state index in [4.69, 9.17) is 5.73 Å². The van der Waals surface area contributed by atoms with Crippen molar-refractivity contribution in [2.24, 2.45) is 0 Å². The molecule has 1 atom stereocenters. The number of carbonyl (C=O) groups is 1. The number of rotatable bonds is 4. The Labute approximate surface area is 130 Å². The minimum Gasteiger partial charge on any atom is -0.384 e. The van der Waals surface area contributed by atoms with E-state index < -0.39 is 22.8 Å². The Morgan fingerprint density at radius 3 is 2.68 bits per heavy atom. The molecule has 22 heavy (non-hydrogen) atoms. The van der Waals surface area contributed by atoms with E-state index in [0.717, 1.165) is 17.8 Å². The van der Waals surface area contributed by atoms with E-state index in [1.807, 2.05) is 0 Å². The average Bonchev–Trinajstić information content (AvgIpc) is 2.40. The summed E-state index contributed by atoms with van der Waals surface area (Å²) in [5.41, 5.74) is 6.23. The van der Waals surface area contributed by atoms with Gasteiger partial charge in [0.2, 0.25) is 5.91 Å². The highest BCUT2D eigenvalue weighted by atomic mass is 32.2. The second-order valence-electron chi connectivity index (χ2n) is 4.59. The summed E-state index contributed by atoms with van der Waals surface area (Å²) in [6.45, 7) is 3.39. The minimum absolute atomic E-state index is 0.0801. The van der Waals surface area contributed by atoms with Gasteiger partial charge in [-0.3, -0.25) is 4.79 Å². The number of nitrogens with zero attached hydrogens (tertiary/aromatic N) is 2. The van der Waals surface area contributed by atoms with Crippen molar-refractivity contribution in [1.82, 2.24) is 9.97 Å². The van der Waals surface area contributed by atoms with E-state index >= 15 is 0 Å². The van der Waals surface area contributed by atoms with Crippen LogP contribution < -0.4 is 11.1 Å². The van der Waals surface area contributed by atoms with Crippen molar-refractivity contribution in [2.75, 3.05) is 11.1 Å². The minimum atomic E-state index is -0.832. The van der Waals surface area contributed by atoms with Gasteiger partial charge in [0.05, 0.1) is 10.9 Å². The lowest BCUT2D eigenvalue weighted by molar-refractivity contribution is -0.115. The normalized spacial score (nSPS) is 12.0. The Balaban J connectivity index is 2.05. The third kappa shape index (κ3) is 4.14. The maximum Gasteiger partial charge on any atom is 0.237 e. The fourth-order valence-corrected chi connectivity index (χ4v) is 2.49. The zero-order valence-corrected chi connectivity index (χ0v) is 12.7. The molecule has 0 fully saturated rings. The van der Waals surface area contributed by atoms with Crippen molar-refractivity contribution < 1.29 is 13.6 Å². The van der Waals surface area contributed by atoms with Crippen LogP contribution in [0.5, 0.6) is 0 Å². The molecule has 0 saturated carbocycles. The third-order valence-corrected chi connectivity index (χ3v) is 3.65. The Hall–Kier alpha value is -2.22. The largest absolute Gasteiger partial charge is 0.384 e. The van der Waals surface area contributed by atoms with Crippen molar-refractivity contribution in [3.05, 3.63) is 41.6 Å². The number of halogens is 2. The molecule has 1 amide bonds. The number of aromatic nitrogens is 2. The van der Waals surface area contributed by atoms with Gasteiger partial charge < -0.3 is 11.1 Å². The summed E-state index contributed by atoms with van der Waals surface area (Å²) in [6.07, 6.45) is 0. The molecule has 0 bridgehead atoms. The van der Waals surface area contributed by atoms with Crippen LogP contribution >= 0.6 is 11.8 Å². The average molecular weight is 324 g/mol. The molecule has 1 heterocycles. The number of thioether (sulfide) groups is 1. The molecular formula is C14H14F2N4OS. The predicted octanol–water partition coefficient (Wildman–Crippen LogP) is 2.76. The quantitative estimate of drug-likeness (QED) is 0.668. The standard InChI is InChI=1S/C14H14F2N4OS/c1-7-5-12(17)20-14(18-7)22-8(2)13(21)19-11-4-3-9(15)6-10(11)16/h3-6,8H,1-2H3,(H,19,21)(H2,17,18,20)/t8-/m1/s1. The molecule has 0 aliphatic carbocycles. The van der Waals surface area contributed by atoms with Gasteiger partial charge in [-0.2, -0.15) is 0 Å². The third-order valence-electron chi connectivity index (χ3n) is 2.69. The summed E-state index contributed by atoms with van der Waals surface area (Å²) in [4.78, 5) is 20.2. The molecule has 0 radical (unpaired) electrons. The first-order valence-corrected chi connectivity index (χ1v) is 7.27. The van der Waals surface area contributed by atoms with Crippen molar-refractivity contribution in [1.29, 1.82) is 0 Å². The number of nitrogens with two attached hydrogens (primary N) is 1. The van der Waals surface area contributed by atoms with Crippen molar-refractivity contribution in [2.45, 2.75) is 24.3 Å². The van der Waals surface area contributed by atoms with E-state index in [9.17, 15) is 13.6 Å². The van der Waals surface area contributed by atoms with Crippen LogP contribution in [-0.4, -0.2) is 21.1 Å². The zero-order chi connectivity index (χ0) is 16.3. The molecule has 2 aromatic rings. The zero-order valence-electron chi connectivity index (χ0n) is 11.9. The summed E-state index contributed by atoms with van der Waals surface area (Å²) in [7, 11) is 0. The first kappa shape index (κ1) is 16.2. The van der Waals surface area contributed by atoms with E-state index in [1.165, 1.54) is 6.07 Å². The van der Waals surface area contributed by atoms with Crippen molar-refractivity contribution in [3.63, 3.8) is 0 Å². The number of nitrogen functional groups attached to an aromatic ring is 1. The van der Waals surface area contributed by atoms with Gasteiger partial charge in [0.1, 0.15) is 17.5 Å². The number of nitrogens with one attached hydrogen (secondary N) is 1. The number of anilines is 2. The van der Waals surface area contributed by atoms with Crippen molar-refractivity contribution >= 4 is 29.2 Å². The fourth-order valence-electron chi connectivity index (χ4n) is 1.65. The Bertz CT molecular complexity index is 691. The second-order valence-corrected chi connectivity index (χ2v) is 5.90. The number of aryl methyl sites for hydroxylation is 1. The molecule has 0 spiro atoms. The lowest BCUT2D eigenvalue weighted by atomic mass is 10.3. The van der Waals surface area contributed by atoms with Gasteiger partial charge >= 0.3 is 0 Å². The highest BCUT2D eigenvalue weighted by Gasteiger charge is 2.18. The smallest absolute Gasteiger partial charge is 0.237 e. The van der Waals surface area contributed by atoms with Gasteiger partial charge in [-0.05, 0) is 26.0 Å². The molecule has 8 heteroatoms.